The van der Waals surface area contributed by atoms with Gasteiger partial charge in [0.05, 0.1) is 7.11 Å². The lowest BCUT2D eigenvalue weighted by molar-refractivity contribution is 0.206. The number of hydrogen-bond acceptors (Lipinski definition) is 3. The molecule has 2 amide bonds. The van der Waals surface area contributed by atoms with E-state index in [9.17, 15) is 4.79 Å². The van der Waals surface area contributed by atoms with Crippen LogP contribution in [-0.4, -0.2) is 30.1 Å². The van der Waals surface area contributed by atoms with E-state index in [4.69, 9.17) is 4.74 Å². The minimum Gasteiger partial charge on any atom is -0.497 e. The van der Waals surface area contributed by atoms with Gasteiger partial charge in [-0.2, -0.15) is 0 Å². The van der Waals surface area contributed by atoms with E-state index in [1.165, 1.54) is 0 Å². The second-order valence-electron chi connectivity index (χ2n) is 4.72. The summed E-state index contributed by atoms with van der Waals surface area (Å²) in [5.74, 6) is 0.809. The number of hydrogen-bond donors (Lipinski definition) is 1. The minimum atomic E-state index is -0.109. The van der Waals surface area contributed by atoms with Crippen molar-refractivity contribution in [2.45, 2.75) is 13.1 Å². The highest BCUT2D eigenvalue weighted by Gasteiger charge is 2.08. The lowest BCUT2D eigenvalue weighted by Gasteiger charge is -2.18. The Labute approximate surface area is 124 Å². The fourth-order valence-electron chi connectivity index (χ4n) is 1.89. The number of amides is 2. The third-order valence-corrected chi connectivity index (χ3v) is 3.12. The third-order valence-electron chi connectivity index (χ3n) is 3.12. The molecule has 0 atom stereocenters. The van der Waals surface area contributed by atoms with Gasteiger partial charge in [-0.05, 0) is 35.4 Å². The van der Waals surface area contributed by atoms with Crippen molar-refractivity contribution in [3.05, 3.63) is 59.9 Å². The van der Waals surface area contributed by atoms with Crippen LogP contribution in [0.15, 0.2) is 48.8 Å². The number of aromatic nitrogens is 1. The smallest absolute Gasteiger partial charge is 0.317 e. The van der Waals surface area contributed by atoms with Gasteiger partial charge >= 0.3 is 6.03 Å². The van der Waals surface area contributed by atoms with E-state index in [-0.39, 0.29) is 6.03 Å². The summed E-state index contributed by atoms with van der Waals surface area (Å²) >= 11 is 0. The summed E-state index contributed by atoms with van der Waals surface area (Å²) in [6, 6.07) is 11.3. The molecule has 0 bridgehead atoms. The van der Waals surface area contributed by atoms with Crippen LogP contribution in [0.5, 0.6) is 5.75 Å². The number of pyridine rings is 1. The van der Waals surface area contributed by atoms with E-state index in [1.54, 1.807) is 31.5 Å². The van der Waals surface area contributed by atoms with Crippen LogP contribution in [0.3, 0.4) is 0 Å². The molecule has 2 aromatic rings. The first kappa shape index (κ1) is 14.8. The summed E-state index contributed by atoms with van der Waals surface area (Å²) in [5.41, 5.74) is 2.08. The number of nitrogens with one attached hydrogen (secondary N) is 1. The molecule has 0 radical (unpaired) electrons. The molecule has 0 aliphatic rings. The molecule has 0 saturated carbocycles. The van der Waals surface area contributed by atoms with E-state index in [2.05, 4.69) is 10.3 Å². The number of benzene rings is 1. The Morgan fingerprint density at radius 3 is 2.43 bits per heavy atom. The van der Waals surface area contributed by atoms with Crippen molar-refractivity contribution in [3.63, 3.8) is 0 Å². The highest BCUT2D eigenvalue weighted by atomic mass is 16.5. The molecule has 0 unspecified atom stereocenters. The molecular formula is C16H19N3O2. The number of ether oxygens (including phenoxy) is 1. The quantitative estimate of drug-likeness (QED) is 0.918. The molecule has 21 heavy (non-hydrogen) atoms. The monoisotopic (exact) mass is 285 g/mol. The summed E-state index contributed by atoms with van der Waals surface area (Å²) in [6.45, 7) is 1.04. The first-order chi connectivity index (χ1) is 10.2. The number of rotatable bonds is 5. The SMILES string of the molecule is COc1ccc(CN(C)C(=O)NCc2ccncc2)cc1. The Balaban J connectivity index is 1.84. The summed E-state index contributed by atoms with van der Waals surface area (Å²) in [4.78, 5) is 17.6. The zero-order valence-corrected chi connectivity index (χ0v) is 12.2. The summed E-state index contributed by atoms with van der Waals surface area (Å²) in [5, 5.41) is 2.88. The van der Waals surface area contributed by atoms with Crippen LogP contribution < -0.4 is 10.1 Å². The van der Waals surface area contributed by atoms with Crippen LogP contribution in [0.2, 0.25) is 0 Å². The molecule has 5 nitrogen and oxygen atoms in total. The van der Waals surface area contributed by atoms with Crippen LogP contribution in [0, 0.1) is 0 Å². The number of urea groups is 1. The second kappa shape index (κ2) is 7.28. The van der Waals surface area contributed by atoms with Crippen molar-refractivity contribution in [2.24, 2.45) is 0 Å². The molecular weight excluding hydrogens is 266 g/mol. The Hall–Kier alpha value is -2.56. The Morgan fingerprint density at radius 2 is 1.81 bits per heavy atom. The number of nitrogens with zero attached hydrogens (tertiary/aromatic N) is 2. The standard InChI is InChI=1S/C16H19N3O2/c1-19(12-14-3-5-15(21-2)6-4-14)16(20)18-11-13-7-9-17-10-8-13/h3-10H,11-12H2,1-2H3,(H,18,20). The Bertz CT molecular complexity index is 570. The predicted molar refractivity (Wildman–Crippen MR) is 80.9 cm³/mol. The van der Waals surface area contributed by atoms with Crippen molar-refractivity contribution in [1.29, 1.82) is 0 Å². The molecule has 1 heterocycles. The van der Waals surface area contributed by atoms with Gasteiger partial charge in [0.1, 0.15) is 5.75 Å². The van der Waals surface area contributed by atoms with Gasteiger partial charge in [0.15, 0.2) is 0 Å². The average molecular weight is 285 g/mol. The van der Waals surface area contributed by atoms with Gasteiger partial charge in [0.2, 0.25) is 0 Å². The average Bonchev–Trinajstić information content (AvgIpc) is 2.54. The molecule has 0 spiro atoms. The Morgan fingerprint density at radius 1 is 1.14 bits per heavy atom. The Kier molecular flexibility index (Phi) is 5.15. The van der Waals surface area contributed by atoms with Gasteiger partial charge in [-0.25, -0.2) is 4.79 Å². The van der Waals surface area contributed by atoms with Crippen molar-refractivity contribution in [3.8, 4) is 5.75 Å². The normalized spacial score (nSPS) is 10.0. The van der Waals surface area contributed by atoms with E-state index < -0.39 is 0 Å². The van der Waals surface area contributed by atoms with Gasteiger partial charge in [-0.1, -0.05) is 12.1 Å². The zero-order chi connectivity index (χ0) is 15.1. The lowest BCUT2D eigenvalue weighted by Crippen LogP contribution is -2.36. The van der Waals surface area contributed by atoms with Crippen LogP contribution in [0.1, 0.15) is 11.1 Å². The molecule has 1 aromatic carbocycles. The molecule has 1 aromatic heterocycles. The minimum absolute atomic E-state index is 0.109. The van der Waals surface area contributed by atoms with Gasteiger partial charge in [0, 0.05) is 32.5 Å². The summed E-state index contributed by atoms with van der Waals surface area (Å²) in [7, 11) is 3.40. The van der Waals surface area contributed by atoms with Gasteiger partial charge in [-0.15, -0.1) is 0 Å². The molecule has 0 aliphatic heterocycles. The molecule has 0 saturated heterocycles. The molecule has 110 valence electrons. The second-order valence-corrected chi connectivity index (χ2v) is 4.72. The van der Waals surface area contributed by atoms with Crippen LogP contribution in [-0.2, 0) is 13.1 Å². The van der Waals surface area contributed by atoms with Crippen molar-refractivity contribution in [2.75, 3.05) is 14.2 Å². The van der Waals surface area contributed by atoms with E-state index in [1.807, 2.05) is 36.4 Å². The van der Waals surface area contributed by atoms with Gasteiger partial charge in [0.25, 0.3) is 0 Å². The zero-order valence-electron chi connectivity index (χ0n) is 12.2. The first-order valence-electron chi connectivity index (χ1n) is 6.70. The number of methoxy groups -OCH3 is 1. The molecule has 5 heteroatoms. The van der Waals surface area contributed by atoms with Crippen molar-refractivity contribution < 1.29 is 9.53 Å². The largest absolute Gasteiger partial charge is 0.497 e. The molecule has 2 rings (SSSR count). The fraction of sp³-hybridized carbons (Fsp3) is 0.250. The van der Waals surface area contributed by atoms with Crippen molar-refractivity contribution in [1.82, 2.24) is 15.2 Å². The fourth-order valence-corrected chi connectivity index (χ4v) is 1.89. The maximum atomic E-state index is 12.0. The number of carbonyl (C=O) groups excluding carboxylic acids is 1. The number of carbonyl (C=O) groups is 1. The van der Waals surface area contributed by atoms with E-state index >= 15 is 0 Å². The van der Waals surface area contributed by atoms with E-state index in [0.29, 0.717) is 13.1 Å². The molecule has 0 fully saturated rings. The maximum absolute atomic E-state index is 12.0. The first-order valence-corrected chi connectivity index (χ1v) is 6.70. The van der Waals surface area contributed by atoms with Gasteiger partial charge < -0.3 is 15.0 Å². The third kappa shape index (κ3) is 4.49. The molecule has 0 aliphatic carbocycles. The highest BCUT2D eigenvalue weighted by molar-refractivity contribution is 5.73. The maximum Gasteiger partial charge on any atom is 0.317 e. The van der Waals surface area contributed by atoms with Crippen molar-refractivity contribution >= 4 is 6.03 Å². The van der Waals surface area contributed by atoms with Gasteiger partial charge in [-0.3, -0.25) is 4.98 Å². The van der Waals surface area contributed by atoms with Crippen LogP contribution >= 0.6 is 0 Å². The summed E-state index contributed by atoms with van der Waals surface area (Å²) in [6.07, 6.45) is 3.42. The van der Waals surface area contributed by atoms with E-state index in [0.717, 1.165) is 16.9 Å². The predicted octanol–water partition coefficient (Wildman–Crippen LogP) is 2.43. The lowest BCUT2D eigenvalue weighted by atomic mass is 10.2. The topological polar surface area (TPSA) is 54.5 Å². The highest BCUT2D eigenvalue weighted by Crippen LogP contribution is 2.12. The van der Waals surface area contributed by atoms with Crippen LogP contribution in [0.4, 0.5) is 4.79 Å². The van der Waals surface area contributed by atoms with Crippen LogP contribution in [0.25, 0.3) is 0 Å². The molecule has 1 N–H and O–H groups in total. The summed E-state index contributed by atoms with van der Waals surface area (Å²) < 4.78 is 5.11.